The molecule has 8 heteroatoms. The zero-order valence-corrected chi connectivity index (χ0v) is 17.8. The minimum absolute atomic E-state index is 0. The van der Waals surface area contributed by atoms with E-state index in [1.807, 2.05) is 42.6 Å². The molecule has 25 heavy (non-hydrogen) atoms. The smallest absolute Gasteiger partial charge is 0.241 e. The van der Waals surface area contributed by atoms with Gasteiger partial charge >= 0.3 is 0 Å². The highest BCUT2D eigenvalue weighted by atomic mass is 127. The Kier molecular flexibility index (Phi) is 9.43. The first kappa shape index (κ1) is 21.4. The summed E-state index contributed by atoms with van der Waals surface area (Å²) in [5, 5.41) is 9.17. The largest absolute Gasteiger partial charge is 0.357 e. The van der Waals surface area contributed by atoms with E-state index in [4.69, 9.17) is 0 Å². The number of halogens is 1. The summed E-state index contributed by atoms with van der Waals surface area (Å²) >= 11 is 1.61. The Balaban J connectivity index is 0.00000312. The minimum Gasteiger partial charge on any atom is -0.357 e. The first-order chi connectivity index (χ1) is 11.6. The van der Waals surface area contributed by atoms with Crippen LogP contribution in [0.4, 0.5) is 0 Å². The molecule has 2 aromatic rings. The summed E-state index contributed by atoms with van der Waals surface area (Å²) in [7, 11) is 3.46. The highest BCUT2D eigenvalue weighted by molar-refractivity contribution is 14.0. The number of aliphatic imine (C=N–C) groups is 1. The number of amides is 1. The molecule has 0 unspecified atom stereocenters. The van der Waals surface area contributed by atoms with Gasteiger partial charge in [0.2, 0.25) is 5.91 Å². The first-order valence-electron chi connectivity index (χ1n) is 7.82. The van der Waals surface area contributed by atoms with E-state index in [1.165, 1.54) is 0 Å². The van der Waals surface area contributed by atoms with Crippen LogP contribution in [0.25, 0.3) is 10.6 Å². The fraction of sp³-hybridized carbons (Fsp3) is 0.353. The van der Waals surface area contributed by atoms with Crippen molar-refractivity contribution >= 4 is 47.2 Å². The van der Waals surface area contributed by atoms with Crippen LogP contribution >= 0.6 is 35.3 Å². The van der Waals surface area contributed by atoms with Gasteiger partial charge in [-0.3, -0.25) is 4.79 Å². The van der Waals surface area contributed by atoms with Gasteiger partial charge < -0.3 is 15.5 Å². The Morgan fingerprint density at radius 1 is 1.24 bits per heavy atom. The van der Waals surface area contributed by atoms with Gasteiger partial charge in [0, 0.05) is 31.6 Å². The Bertz CT molecular complexity index is 687. The second-order valence-corrected chi connectivity index (χ2v) is 6.21. The summed E-state index contributed by atoms with van der Waals surface area (Å²) in [6.07, 6.45) is 0. The molecule has 136 valence electrons. The number of hydrogen-bond donors (Lipinski definition) is 2. The highest BCUT2D eigenvalue weighted by Gasteiger charge is 2.07. The van der Waals surface area contributed by atoms with Gasteiger partial charge in [-0.05, 0) is 6.92 Å². The van der Waals surface area contributed by atoms with E-state index in [1.54, 1.807) is 30.3 Å². The maximum Gasteiger partial charge on any atom is 0.241 e. The Morgan fingerprint density at radius 3 is 2.60 bits per heavy atom. The van der Waals surface area contributed by atoms with Crippen LogP contribution in [-0.2, 0) is 11.3 Å². The van der Waals surface area contributed by atoms with E-state index < -0.39 is 0 Å². The molecular weight excluding hydrogens is 449 g/mol. The second kappa shape index (κ2) is 11.0. The minimum atomic E-state index is 0. The number of nitrogens with one attached hydrogen (secondary N) is 2. The predicted octanol–water partition coefficient (Wildman–Crippen LogP) is 2.57. The summed E-state index contributed by atoms with van der Waals surface area (Å²) in [4.78, 5) is 22.3. The molecule has 0 aliphatic rings. The third-order valence-corrected chi connectivity index (χ3v) is 4.16. The normalized spacial score (nSPS) is 10.8. The van der Waals surface area contributed by atoms with Crippen molar-refractivity contribution < 1.29 is 4.79 Å². The number of nitrogens with zero attached hydrogens (tertiary/aromatic N) is 3. The maximum atomic E-state index is 11.7. The van der Waals surface area contributed by atoms with Gasteiger partial charge in [0.05, 0.1) is 18.8 Å². The van der Waals surface area contributed by atoms with Crippen LogP contribution in [0.5, 0.6) is 0 Å². The molecule has 1 aromatic carbocycles. The molecule has 1 aromatic heterocycles. The summed E-state index contributed by atoms with van der Waals surface area (Å²) in [5.41, 5.74) is 2.02. The fourth-order valence-corrected chi connectivity index (χ4v) is 2.73. The molecule has 0 saturated carbocycles. The number of carbonyl (C=O) groups is 1. The van der Waals surface area contributed by atoms with Crippen molar-refractivity contribution in [2.24, 2.45) is 4.99 Å². The van der Waals surface area contributed by atoms with E-state index >= 15 is 0 Å². The lowest BCUT2D eigenvalue weighted by Crippen LogP contribution is -2.42. The molecule has 2 N–H and O–H groups in total. The van der Waals surface area contributed by atoms with Crippen LogP contribution in [0, 0.1) is 0 Å². The summed E-state index contributed by atoms with van der Waals surface area (Å²) in [6, 6.07) is 10.1. The summed E-state index contributed by atoms with van der Waals surface area (Å²) in [6.45, 7) is 3.40. The van der Waals surface area contributed by atoms with E-state index in [2.05, 4.69) is 20.6 Å². The fourth-order valence-electron chi connectivity index (χ4n) is 1.91. The topological polar surface area (TPSA) is 69.6 Å². The monoisotopic (exact) mass is 473 g/mol. The maximum absolute atomic E-state index is 11.7. The molecule has 0 aliphatic carbocycles. The average molecular weight is 473 g/mol. The van der Waals surface area contributed by atoms with Crippen molar-refractivity contribution in [1.82, 2.24) is 20.5 Å². The van der Waals surface area contributed by atoms with E-state index in [0.29, 0.717) is 12.5 Å². The predicted molar refractivity (Wildman–Crippen MR) is 114 cm³/mol. The molecule has 0 bridgehead atoms. The van der Waals surface area contributed by atoms with Gasteiger partial charge in [-0.1, -0.05) is 30.3 Å². The number of carbonyl (C=O) groups excluding carboxylic acids is 1. The third kappa shape index (κ3) is 6.99. The second-order valence-electron chi connectivity index (χ2n) is 5.35. The number of benzene rings is 1. The van der Waals surface area contributed by atoms with Crippen LogP contribution in [0.1, 0.15) is 12.6 Å². The van der Waals surface area contributed by atoms with Gasteiger partial charge in [-0.15, -0.1) is 35.3 Å². The van der Waals surface area contributed by atoms with Crippen LogP contribution in [0.3, 0.4) is 0 Å². The quantitative estimate of drug-likeness (QED) is 0.385. The first-order valence-corrected chi connectivity index (χ1v) is 8.70. The molecule has 0 radical (unpaired) electrons. The van der Waals surface area contributed by atoms with Crippen LogP contribution in [0.2, 0.25) is 0 Å². The van der Waals surface area contributed by atoms with Gasteiger partial charge in [0.25, 0.3) is 0 Å². The Labute approximate surface area is 169 Å². The lowest BCUT2D eigenvalue weighted by molar-refractivity contribution is -0.127. The van der Waals surface area contributed by atoms with Crippen molar-refractivity contribution in [2.45, 2.75) is 13.5 Å². The molecule has 1 heterocycles. The molecule has 6 nitrogen and oxygen atoms in total. The number of guanidine groups is 1. The molecule has 2 rings (SSSR count). The van der Waals surface area contributed by atoms with E-state index in [9.17, 15) is 4.79 Å². The molecule has 0 aliphatic heterocycles. The zero-order valence-electron chi connectivity index (χ0n) is 14.7. The zero-order chi connectivity index (χ0) is 17.4. The summed E-state index contributed by atoms with van der Waals surface area (Å²) in [5.74, 6) is 0.614. The number of rotatable bonds is 6. The van der Waals surface area contributed by atoms with Gasteiger partial charge in [0.15, 0.2) is 5.96 Å². The van der Waals surface area contributed by atoms with Crippen molar-refractivity contribution in [3.8, 4) is 10.6 Å². The van der Waals surface area contributed by atoms with Crippen LogP contribution in [0.15, 0.2) is 40.7 Å². The number of thiazole rings is 1. The SMILES string of the molecule is CCNC(=NCc1csc(-c2ccccc2)n1)NCC(=O)N(C)C.I. The van der Waals surface area contributed by atoms with Crippen LogP contribution in [-0.4, -0.2) is 48.9 Å². The van der Waals surface area contributed by atoms with E-state index in [0.717, 1.165) is 22.8 Å². The molecule has 0 saturated heterocycles. The van der Waals surface area contributed by atoms with Crippen molar-refractivity contribution in [3.05, 3.63) is 41.4 Å². The highest BCUT2D eigenvalue weighted by Crippen LogP contribution is 2.23. The van der Waals surface area contributed by atoms with Gasteiger partial charge in [0.1, 0.15) is 5.01 Å². The lowest BCUT2D eigenvalue weighted by atomic mass is 10.2. The molecule has 0 atom stereocenters. The standard InChI is InChI=1S/C17H23N5OS.HI/c1-4-18-17(20-11-15(23)22(2)3)19-10-14-12-24-16(21-14)13-8-6-5-7-9-13;/h5-9,12H,4,10-11H2,1-3H3,(H2,18,19,20);1H. The number of hydrogen-bond acceptors (Lipinski definition) is 4. The molecular formula is C17H24IN5OS. The lowest BCUT2D eigenvalue weighted by Gasteiger charge is -2.13. The van der Waals surface area contributed by atoms with Crippen molar-refractivity contribution in [1.29, 1.82) is 0 Å². The Morgan fingerprint density at radius 2 is 1.96 bits per heavy atom. The van der Waals surface area contributed by atoms with E-state index in [-0.39, 0.29) is 36.4 Å². The van der Waals surface area contributed by atoms with Gasteiger partial charge in [-0.25, -0.2) is 9.98 Å². The molecule has 0 fully saturated rings. The number of likely N-dealkylation sites (N-methyl/N-ethyl adjacent to an activating group) is 1. The summed E-state index contributed by atoms with van der Waals surface area (Å²) < 4.78 is 0. The Hall–Kier alpha value is -1.68. The average Bonchev–Trinajstić information content (AvgIpc) is 3.06. The molecule has 1 amide bonds. The number of aromatic nitrogens is 1. The van der Waals surface area contributed by atoms with Crippen molar-refractivity contribution in [2.75, 3.05) is 27.2 Å². The van der Waals surface area contributed by atoms with Crippen molar-refractivity contribution in [3.63, 3.8) is 0 Å². The third-order valence-electron chi connectivity index (χ3n) is 3.22. The van der Waals surface area contributed by atoms with Gasteiger partial charge in [-0.2, -0.15) is 0 Å². The van der Waals surface area contributed by atoms with Crippen LogP contribution < -0.4 is 10.6 Å². The molecule has 0 spiro atoms.